The Morgan fingerprint density at radius 3 is 2.84 bits per heavy atom. The van der Waals surface area contributed by atoms with Crippen LogP contribution in [0.4, 0.5) is 0 Å². The Labute approximate surface area is 118 Å². The smallest absolute Gasteiger partial charge is 0.255 e. The second-order valence-electron chi connectivity index (χ2n) is 4.54. The summed E-state index contributed by atoms with van der Waals surface area (Å²) in [5.41, 5.74) is 0.200. The van der Waals surface area contributed by atoms with Crippen LogP contribution in [0.3, 0.4) is 0 Å². The lowest BCUT2D eigenvalue weighted by Crippen LogP contribution is -2.24. The van der Waals surface area contributed by atoms with Crippen molar-refractivity contribution in [2.45, 2.75) is 32.8 Å². The van der Waals surface area contributed by atoms with Gasteiger partial charge in [0.15, 0.2) is 0 Å². The van der Waals surface area contributed by atoms with Crippen LogP contribution in [0.1, 0.15) is 37.0 Å². The van der Waals surface area contributed by atoms with E-state index in [2.05, 4.69) is 5.32 Å². The molecule has 1 amide bonds. The third-order valence-corrected chi connectivity index (χ3v) is 2.75. The molecule has 0 fully saturated rings. The van der Waals surface area contributed by atoms with E-state index in [1.807, 2.05) is 13.8 Å². The summed E-state index contributed by atoms with van der Waals surface area (Å²) in [5, 5.41) is 12.7. The van der Waals surface area contributed by atoms with Crippen LogP contribution in [-0.4, -0.2) is 30.3 Å². The molecule has 0 unspecified atom stereocenters. The van der Waals surface area contributed by atoms with Gasteiger partial charge in [-0.3, -0.25) is 4.79 Å². The summed E-state index contributed by atoms with van der Waals surface area (Å²) in [7, 11) is 0. The molecule has 0 aromatic heterocycles. The van der Waals surface area contributed by atoms with Gasteiger partial charge in [0.2, 0.25) is 0 Å². The molecule has 0 spiro atoms. The minimum Gasteiger partial charge on any atom is -0.507 e. The van der Waals surface area contributed by atoms with E-state index in [1.165, 1.54) is 18.2 Å². The molecule has 0 saturated carbocycles. The summed E-state index contributed by atoms with van der Waals surface area (Å²) in [6.45, 7) is 5.22. The average Bonchev–Trinajstić information content (AvgIpc) is 2.36. The summed E-state index contributed by atoms with van der Waals surface area (Å²) in [4.78, 5) is 11.8. The molecule has 2 N–H and O–H groups in total. The molecule has 5 heteroatoms. The number of aromatic hydroxyl groups is 1. The fourth-order valence-electron chi connectivity index (χ4n) is 1.53. The van der Waals surface area contributed by atoms with Gasteiger partial charge < -0.3 is 15.2 Å². The molecular formula is C14H20ClNO3. The summed E-state index contributed by atoms with van der Waals surface area (Å²) in [6, 6.07) is 4.40. The number of carbonyl (C=O) groups is 1. The third kappa shape index (κ3) is 5.94. The van der Waals surface area contributed by atoms with Gasteiger partial charge in [0.05, 0.1) is 11.7 Å². The van der Waals surface area contributed by atoms with Crippen LogP contribution in [0, 0.1) is 0 Å². The van der Waals surface area contributed by atoms with Gasteiger partial charge in [0, 0.05) is 18.2 Å². The van der Waals surface area contributed by atoms with Gasteiger partial charge in [0.1, 0.15) is 5.75 Å². The molecular weight excluding hydrogens is 266 g/mol. The van der Waals surface area contributed by atoms with Crippen molar-refractivity contribution >= 4 is 17.5 Å². The van der Waals surface area contributed by atoms with Gasteiger partial charge in [-0.2, -0.15) is 0 Å². The minimum atomic E-state index is -0.315. The van der Waals surface area contributed by atoms with Crippen molar-refractivity contribution in [3.8, 4) is 5.75 Å². The van der Waals surface area contributed by atoms with Gasteiger partial charge in [0.25, 0.3) is 5.91 Å². The molecule has 1 rings (SSSR count). The SMILES string of the molecule is CC(C)OCCCCNC(=O)c1cc(Cl)ccc1O. The highest BCUT2D eigenvalue weighted by atomic mass is 35.5. The average molecular weight is 286 g/mol. The molecule has 0 radical (unpaired) electrons. The lowest BCUT2D eigenvalue weighted by Gasteiger charge is -2.09. The van der Waals surface area contributed by atoms with E-state index in [0.717, 1.165) is 12.8 Å². The number of benzene rings is 1. The number of halogens is 1. The first-order valence-corrected chi connectivity index (χ1v) is 6.77. The summed E-state index contributed by atoms with van der Waals surface area (Å²) < 4.78 is 5.40. The number of hydrogen-bond acceptors (Lipinski definition) is 3. The first-order chi connectivity index (χ1) is 9.00. The van der Waals surface area contributed by atoms with Gasteiger partial charge in [-0.1, -0.05) is 11.6 Å². The Kier molecular flexibility index (Phi) is 6.67. The highest BCUT2D eigenvalue weighted by molar-refractivity contribution is 6.31. The number of nitrogens with one attached hydrogen (secondary N) is 1. The number of hydrogen-bond donors (Lipinski definition) is 2. The maximum absolute atomic E-state index is 11.8. The third-order valence-electron chi connectivity index (χ3n) is 2.51. The van der Waals surface area contributed by atoms with Crippen LogP contribution >= 0.6 is 11.6 Å². The molecule has 4 nitrogen and oxygen atoms in total. The van der Waals surface area contributed by atoms with E-state index in [1.54, 1.807) is 0 Å². The van der Waals surface area contributed by atoms with Gasteiger partial charge in [-0.15, -0.1) is 0 Å². The summed E-state index contributed by atoms with van der Waals surface area (Å²) >= 11 is 5.79. The van der Waals surface area contributed by atoms with E-state index in [9.17, 15) is 9.90 Å². The highest BCUT2D eigenvalue weighted by Crippen LogP contribution is 2.21. The monoisotopic (exact) mass is 285 g/mol. The number of ether oxygens (including phenoxy) is 1. The maximum atomic E-state index is 11.8. The largest absolute Gasteiger partial charge is 0.507 e. The topological polar surface area (TPSA) is 58.6 Å². The maximum Gasteiger partial charge on any atom is 0.255 e. The lowest BCUT2D eigenvalue weighted by atomic mass is 10.2. The zero-order chi connectivity index (χ0) is 14.3. The zero-order valence-electron chi connectivity index (χ0n) is 11.3. The van der Waals surface area contributed by atoms with Gasteiger partial charge in [-0.25, -0.2) is 0 Å². The molecule has 0 aliphatic heterocycles. The first kappa shape index (κ1) is 15.8. The van der Waals surface area contributed by atoms with E-state index in [-0.39, 0.29) is 23.3 Å². The van der Waals surface area contributed by atoms with Crippen molar-refractivity contribution in [3.63, 3.8) is 0 Å². The predicted molar refractivity (Wildman–Crippen MR) is 75.8 cm³/mol. The van der Waals surface area contributed by atoms with Crippen molar-refractivity contribution in [3.05, 3.63) is 28.8 Å². The lowest BCUT2D eigenvalue weighted by molar-refractivity contribution is 0.0754. The Balaban J connectivity index is 2.29. The van der Waals surface area contributed by atoms with Crippen molar-refractivity contribution in [1.82, 2.24) is 5.32 Å². The normalized spacial score (nSPS) is 10.7. The summed E-state index contributed by atoms with van der Waals surface area (Å²) in [5.74, 6) is -0.380. The van der Waals surface area contributed by atoms with E-state index in [0.29, 0.717) is 18.2 Å². The standard InChI is InChI=1S/C14H20ClNO3/c1-10(2)19-8-4-3-7-16-14(18)12-9-11(15)5-6-13(12)17/h5-6,9-10,17H,3-4,7-8H2,1-2H3,(H,16,18). The number of amides is 1. The molecule has 0 aliphatic rings. The van der Waals surface area contributed by atoms with Crippen LogP contribution in [0.15, 0.2) is 18.2 Å². The molecule has 0 heterocycles. The molecule has 0 bridgehead atoms. The Morgan fingerprint density at radius 2 is 2.16 bits per heavy atom. The summed E-state index contributed by atoms with van der Waals surface area (Å²) in [6.07, 6.45) is 1.96. The number of unbranched alkanes of at least 4 members (excludes halogenated alkanes) is 1. The fourth-order valence-corrected chi connectivity index (χ4v) is 1.71. The molecule has 0 aliphatic carbocycles. The molecule has 0 saturated heterocycles. The van der Waals surface area contributed by atoms with Crippen LogP contribution in [0.25, 0.3) is 0 Å². The molecule has 106 valence electrons. The van der Waals surface area contributed by atoms with E-state index < -0.39 is 0 Å². The molecule has 1 aromatic rings. The number of rotatable bonds is 7. The quantitative estimate of drug-likeness (QED) is 0.757. The van der Waals surface area contributed by atoms with Gasteiger partial charge >= 0.3 is 0 Å². The van der Waals surface area contributed by atoms with Crippen LogP contribution in [0.5, 0.6) is 5.75 Å². The fraction of sp³-hybridized carbons (Fsp3) is 0.500. The minimum absolute atomic E-state index is 0.0648. The number of carbonyl (C=O) groups excluding carboxylic acids is 1. The Bertz CT molecular complexity index is 421. The van der Waals surface area contributed by atoms with Crippen LogP contribution < -0.4 is 5.32 Å². The second-order valence-corrected chi connectivity index (χ2v) is 4.98. The van der Waals surface area contributed by atoms with Crippen LogP contribution in [0.2, 0.25) is 5.02 Å². The molecule has 19 heavy (non-hydrogen) atoms. The Hall–Kier alpha value is -1.26. The molecule has 0 atom stereocenters. The Morgan fingerprint density at radius 1 is 1.42 bits per heavy atom. The second kappa shape index (κ2) is 8.02. The zero-order valence-corrected chi connectivity index (χ0v) is 12.0. The van der Waals surface area contributed by atoms with Crippen molar-refractivity contribution < 1.29 is 14.6 Å². The predicted octanol–water partition coefficient (Wildman–Crippen LogP) is 2.98. The first-order valence-electron chi connectivity index (χ1n) is 6.39. The number of phenols is 1. The molecule has 1 aromatic carbocycles. The van der Waals surface area contributed by atoms with E-state index in [4.69, 9.17) is 16.3 Å². The van der Waals surface area contributed by atoms with Crippen molar-refractivity contribution in [1.29, 1.82) is 0 Å². The van der Waals surface area contributed by atoms with Crippen LogP contribution in [-0.2, 0) is 4.74 Å². The number of phenolic OH excluding ortho intramolecular Hbond substituents is 1. The van der Waals surface area contributed by atoms with Gasteiger partial charge in [-0.05, 0) is 44.9 Å². The highest BCUT2D eigenvalue weighted by Gasteiger charge is 2.10. The van der Waals surface area contributed by atoms with E-state index >= 15 is 0 Å². The van der Waals surface area contributed by atoms with Crippen molar-refractivity contribution in [2.75, 3.05) is 13.2 Å². The van der Waals surface area contributed by atoms with Crippen molar-refractivity contribution in [2.24, 2.45) is 0 Å².